The van der Waals surface area contributed by atoms with Crippen molar-refractivity contribution in [3.05, 3.63) is 16.6 Å². The molecule has 0 saturated heterocycles. The molecular formula is C6H11N2S+. The number of quaternary nitrogens is 1. The summed E-state index contributed by atoms with van der Waals surface area (Å²) in [4.78, 5) is 4.14. The highest BCUT2D eigenvalue weighted by Crippen LogP contribution is 1.99. The second-order valence-corrected chi connectivity index (χ2v) is 2.81. The van der Waals surface area contributed by atoms with Crippen LogP contribution in [-0.2, 0) is 6.54 Å². The quantitative estimate of drug-likeness (QED) is 0.644. The number of thiazole rings is 1. The summed E-state index contributed by atoms with van der Waals surface area (Å²) >= 11 is 1.72. The predicted octanol–water partition coefficient (Wildman–Crippen LogP) is 0.226. The van der Waals surface area contributed by atoms with Crippen LogP contribution in [0.5, 0.6) is 0 Å². The van der Waals surface area contributed by atoms with Crippen molar-refractivity contribution in [2.24, 2.45) is 0 Å². The molecule has 0 aromatic carbocycles. The lowest BCUT2D eigenvalue weighted by molar-refractivity contribution is -0.667. The van der Waals surface area contributed by atoms with Crippen LogP contribution in [0.4, 0.5) is 0 Å². The predicted molar refractivity (Wildman–Crippen MR) is 38.3 cm³/mol. The maximum absolute atomic E-state index is 4.14. The number of hydrogen-bond acceptors (Lipinski definition) is 2. The molecule has 2 nitrogen and oxygen atoms in total. The zero-order valence-corrected chi connectivity index (χ0v) is 6.32. The van der Waals surface area contributed by atoms with Crippen molar-refractivity contribution < 1.29 is 5.32 Å². The van der Waals surface area contributed by atoms with Gasteiger partial charge in [0.25, 0.3) is 0 Å². The number of hydrogen-bond donors (Lipinski definition) is 1. The molecule has 0 aliphatic heterocycles. The molecule has 1 aromatic heterocycles. The first-order chi connectivity index (χ1) is 4.43. The summed E-state index contributed by atoms with van der Waals surface area (Å²) in [6.07, 6.45) is 1.85. The summed E-state index contributed by atoms with van der Waals surface area (Å²) < 4.78 is 0. The van der Waals surface area contributed by atoms with Crippen molar-refractivity contribution in [1.82, 2.24) is 4.98 Å². The van der Waals surface area contributed by atoms with Gasteiger partial charge in [-0.15, -0.1) is 11.3 Å². The van der Waals surface area contributed by atoms with Gasteiger partial charge < -0.3 is 5.32 Å². The summed E-state index contributed by atoms with van der Waals surface area (Å²) in [5.74, 6) is 0. The topological polar surface area (TPSA) is 29.5 Å². The molecule has 0 aliphatic rings. The van der Waals surface area contributed by atoms with Crippen LogP contribution in [0.25, 0.3) is 0 Å². The third-order valence-corrected chi connectivity index (χ3v) is 1.89. The lowest BCUT2D eigenvalue weighted by Gasteiger charge is -1.90. The van der Waals surface area contributed by atoms with Crippen LogP contribution in [-0.4, -0.2) is 11.5 Å². The zero-order chi connectivity index (χ0) is 6.53. The highest BCUT2D eigenvalue weighted by Gasteiger charge is 1.93. The Kier molecular flexibility index (Phi) is 2.67. The van der Waals surface area contributed by atoms with Crippen LogP contribution in [0.1, 0.15) is 11.9 Å². The van der Waals surface area contributed by atoms with E-state index in [2.05, 4.69) is 17.2 Å². The Morgan fingerprint density at radius 3 is 3.22 bits per heavy atom. The van der Waals surface area contributed by atoms with Gasteiger partial charge in [0.1, 0.15) is 11.6 Å². The Hall–Kier alpha value is -0.410. The Bertz CT molecular complexity index is 148. The van der Waals surface area contributed by atoms with E-state index in [0.717, 1.165) is 13.1 Å². The monoisotopic (exact) mass is 143 g/mol. The summed E-state index contributed by atoms with van der Waals surface area (Å²) in [6.45, 7) is 4.32. The van der Waals surface area contributed by atoms with Gasteiger partial charge in [-0.2, -0.15) is 0 Å². The Labute approximate surface area is 58.9 Å². The first-order valence-electron chi connectivity index (χ1n) is 3.13. The molecule has 9 heavy (non-hydrogen) atoms. The minimum Gasteiger partial charge on any atom is -0.341 e. The fourth-order valence-electron chi connectivity index (χ4n) is 0.622. The number of nitrogens with two attached hydrogens (primary N) is 1. The smallest absolute Gasteiger partial charge is 0.147 e. The minimum absolute atomic E-state index is 1.04. The van der Waals surface area contributed by atoms with Crippen molar-refractivity contribution in [2.45, 2.75) is 13.5 Å². The van der Waals surface area contributed by atoms with E-state index < -0.39 is 0 Å². The maximum atomic E-state index is 4.14. The molecule has 0 saturated carbocycles. The van der Waals surface area contributed by atoms with E-state index in [1.807, 2.05) is 11.6 Å². The normalized spacial score (nSPS) is 9.89. The molecule has 0 spiro atoms. The summed E-state index contributed by atoms with van der Waals surface area (Å²) in [7, 11) is 0. The van der Waals surface area contributed by atoms with Crippen LogP contribution in [0.2, 0.25) is 0 Å². The van der Waals surface area contributed by atoms with Crippen molar-refractivity contribution in [1.29, 1.82) is 0 Å². The standard InChI is InChI=1S/C6H10N2S/c1-2-7-5-6-8-3-4-9-6/h3-4,7H,2,5H2,1H3/p+1. The highest BCUT2D eigenvalue weighted by atomic mass is 32.1. The van der Waals surface area contributed by atoms with E-state index in [1.165, 1.54) is 5.01 Å². The fraction of sp³-hybridized carbons (Fsp3) is 0.500. The highest BCUT2D eigenvalue weighted by molar-refractivity contribution is 7.09. The van der Waals surface area contributed by atoms with E-state index in [1.54, 1.807) is 11.3 Å². The molecule has 0 atom stereocenters. The number of nitrogens with zero attached hydrogens (tertiary/aromatic N) is 1. The summed E-state index contributed by atoms with van der Waals surface area (Å²) in [5.41, 5.74) is 0. The molecule has 2 N–H and O–H groups in total. The van der Waals surface area contributed by atoms with Crippen molar-refractivity contribution in [3.8, 4) is 0 Å². The molecule has 0 aliphatic carbocycles. The average molecular weight is 143 g/mol. The summed E-state index contributed by atoms with van der Waals surface area (Å²) in [5, 5.41) is 5.47. The third kappa shape index (κ3) is 2.11. The van der Waals surface area contributed by atoms with Gasteiger partial charge in [0.2, 0.25) is 0 Å². The second-order valence-electron chi connectivity index (χ2n) is 1.83. The van der Waals surface area contributed by atoms with E-state index >= 15 is 0 Å². The molecule has 3 heteroatoms. The molecule has 1 heterocycles. The SMILES string of the molecule is CC[NH2+]Cc1nccs1. The van der Waals surface area contributed by atoms with Crippen LogP contribution in [0, 0.1) is 0 Å². The largest absolute Gasteiger partial charge is 0.341 e. The zero-order valence-electron chi connectivity index (χ0n) is 5.50. The van der Waals surface area contributed by atoms with Gasteiger partial charge in [-0.1, -0.05) is 0 Å². The van der Waals surface area contributed by atoms with Gasteiger partial charge >= 0.3 is 0 Å². The van der Waals surface area contributed by atoms with Gasteiger partial charge in [0.05, 0.1) is 6.54 Å². The Balaban J connectivity index is 2.30. The van der Waals surface area contributed by atoms with E-state index in [4.69, 9.17) is 0 Å². The molecular weight excluding hydrogens is 132 g/mol. The van der Waals surface area contributed by atoms with Crippen LogP contribution < -0.4 is 5.32 Å². The molecule has 1 aromatic rings. The Morgan fingerprint density at radius 1 is 1.78 bits per heavy atom. The first-order valence-corrected chi connectivity index (χ1v) is 4.01. The van der Waals surface area contributed by atoms with Gasteiger partial charge in [0.15, 0.2) is 0 Å². The molecule has 0 fully saturated rings. The fourth-order valence-corrected chi connectivity index (χ4v) is 1.24. The lowest BCUT2D eigenvalue weighted by atomic mass is 10.6. The third-order valence-electron chi connectivity index (χ3n) is 1.09. The van der Waals surface area contributed by atoms with E-state index in [0.29, 0.717) is 0 Å². The number of aromatic nitrogens is 1. The number of rotatable bonds is 3. The lowest BCUT2D eigenvalue weighted by Crippen LogP contribution is -2.81. The maximum Gasteiger partial charge on any atom is 0.147 e. The van der Waals surface area contributed by atoms with Crippen molar-refractivity contribution >= 4 is 11.3 Å². The molecule has 0 bridgehead atoms. The van der Waals surface area contributed by atoms with Gasteiger partial charge in [-0.05, 0) is 6.92 Å². The van der Waals surface area contributed by atoms with Gasteiger partial charge in [0, 0.05) is 11.6 Å². The van der Waals surface area contributed by atoms with Crippen LogP contribution >= 0.6 is 11.3 Å². The van der Waals surface area contributed by atoms with Crippen LogP contribution in [0.3, 0.4) is 0 Å². The van der Waals surface area contributed by atoms with Gasteiger partial charge in [-0.25, -0.2) is 4.98 Å². The van der Waals surface area contributed by atoms with E-state index in [-0.39, 0.29) is 0 Å². The summed E-state index contributed by atoms with van der Waals surface area (Å²) in [6, 6.07) is 0. The first kappa shape index (κ1) is 6.71. The molecule has 1 rings (SSSR count). The van der Waals surface area contributed by atoms with Crippen molar-refractivity contribution in [3.63, 3.8) is 0 Å². The van der Waals surface area contributed by atoms with Crippen LogP contribution in [0.15, 0.2) is 11.6 Å². The van der Waals surface area contributed by atoms with Gasteiger partial charge in [-0.3, -0.25) is 0 Å². The average Bonchev–Trinajstić information content (AvgIpc) is 2.34. The molecule has 0 unspecified atom stereocenters. The van der Waals surface area contributed by atoms with E-state index in [9.17, 15) is 0 Å². The minimum atomic E-state index is 1.04. The Morgan fingerprint density at radius 2 is 2.67 bits per heavy atom. The second kappa shape index (κ2) is 3.58. The molecule has 0 amide bonds. The molecule has 0 radical (unpaired) electrons. The van der Waals surface area contributed by atoms with Crippen molar-refractivity contribution in [2.75, 3.05) is 6.54 Å². The molecule has 50 valence electrons.